The van der Waals surface area contributed by atoms with Crippen LogP contribution >= 0.6 is 22.6 Å². The molecule has 1 aromatic rings. The van der Waals surface area contributed by atoms with Gasteiger partial charge in [-0.1, -0.05) is 5.11 Å². The summed E-state index contributed by atoms with van der Waals surface area (Å²) in [5.74, 6) is -0.430. The van der Waals surface area contributed by atoms with Crippen molar-refractivity contribution in [2.24, 2.45) is 5.11 Å². The molecule has 0 aliphatic rings. The molecule has 0 radical (unpaired) electrons. The summed E-state index contributed by atoms with van der Waals surface area (Å²) in [6.45, 7) is 1.71. The lowest BCUT2D eigenvalue weighted by Gasteiger charge is -2.07. The number of rotatable bonds is 2. The number of benzene rings is 1. The third kappa shape index (κ3) is 2.60. The van der Waals surface area contributed by atoms with E-state index in [4.69, 9.17) is 5.53 Å². The molecule has 0 heterocycles. The molecule has 0 aromatic heterocycles. The summed E-state index contributed by atoms with van der Waals surface area (Å²) in [7, 11) is 1.31. The third-order valence-corrected chi connectivity index (χ3v) is 2.53. The van der Waals surface area contributed by atoms with Gasteiger partial charge >= 0.3 is 5.97 Å². The molecule has 78 valence electrons. The molecule has 0 amide bonds. The zero-order valence-corrected chi connectivity index (χ0v) is 10.3. The number of halogens is 1. The van der Waals surface area contributed by atoms with Crippen LogP contribution in [-0.2, 0) is 4.74 Å². The highest BCUT2D eigenvalue weighted by molar-refractivity contribution is 14.1. The predicted molar refractivity (Wildman–Crippen MR) is 64.0 cm³/mol. The van der Waals surface area contributed by atoms with Crippen LogP contribution in [0.2, 0.25) is 0 Å². The van der Waals surface area contributed by atoms with Gasteiger partial charge in [0.05, 0.1) is 12.7 Å². The number of hydrogen-bond acceptors (Lipinski definition) is 3. The van der Waals surface area contributed by atoms with Crippen LogP contribution in [0.1, 0.15) is 15.9 Å². The fourth-order valence-electron chi connectivity index (χ4n) is 1.14. The molecule has 1 rings (SSSR count). The fraction of sp³-hybridized carbons (Fsp3) is 0.222. The van der Waals surface area contributed by atoms with Crippen molar-refractivity contribution in [1.29, 1.82) is 0 Å². The second-order valence-electron chi connectivity index (χ2n) is 2.78. The molecule has 0 saturated carbocycles. The first-order valence-corrected chi connectivity index (χ1v) is 5.11. The highest BCUT2D eigenvalue weighted by atomic mass is 127. The van der Waals surface area contributed by atoms with Crippen molar-refractivity contribution in [2.75, 3.05) is 7.11 Å². The molecule has 0 unspecified atom stereocenters. The number of esters is 1. The third-order valence-electron chi connectivity index (χ3n) is 1.90. The van der Waals surface area contributed by atoms with E-state index in [1.807, 2.05) is 22.6 Å². The fourth-order valence-corrected chi connectivity index (χ4v) is 1.75. The molecule has 0 bridgehead atoms. The molecule has 15 heavy (non-hydrogen) atoms. The Bertz CT molecular complexity index is 453. The van der Waals surface area contributed by atoms with Crippen LogP contribution in [0, 0.1) is 10.5 Å². The van der Waals surface area contributed by atoms with Crippen LogP contribution < -0.4 is 0 Å². The normalized spacial score (nSPS) is 9.27. The number of hydrogen-bond donors (Lipinski definition) is 0. The van der Waals surface area contributed by atoms with Crippen molar-refractivity contribution in [3.63, 3.8) is 0 Å². The molecule has 0 aliphatic heterocycles. The van der Waals surface area contributed by atoms with E-state index in [-0.39, 0.29) is 0 Å². The summed E-state index contributed by atoms with van der Waals surface area (Å²) in [4.78, 5) is 14.1. The quantitative estimate of drug-likeness (QED) is 0.276. The lowest BCUT2D eigenvalue weighted by molar-refractivity contribution is 0.0600. The van der Waals surface area contributed by atoms with Gasteiger partial charge in [-0.2, -0.15) is 0 Å². The second kappa shape index (κ2) is 4.99. The van der Waals surface area contributed by atoms with Gasteiger partial charge in [0, 0.05) is 14.2 Å². The smallest absolute Gasteiger partial charge is 0.338 e. The highest BCUT2D eigenvalue weighted by Crippen LogP contribution is 2.26. The number of methoxy groups -OCH3 is 1. The van der Waals surface area contributed by atoms with Gasteiger partial charge in [-0.05, 0) is 52.7 Å². The Balaban J connectivity index is 3.40. The largest absolute Gasteiger partial charge is 0.465 e. The van der Waals surface area contributed by atoms with Crippen molar-refractivity contribution in [2.45, 2.75) is 6.92 Å². The van der Waals surface area contributed by atoms with Crippen molar-refractivity contribution in [3.05, 3.63) is 37.3 Å². The Hall–Kier alpha value is -1.27. The first-order valence-electron chi connectivity index (χ1n) is 4.03. The molecule has 0 N–H and O–H groups in total. The van der Waals surface area contributed by atoms with Crippen LogP contribution in [0.15, 0.2) is 17.2 Å². The number of nitrogens with zero attached hydrogens (tertiary/aromatic N) is 3. The summed E-state index contributed by atoms with van der Waals surface area (Å²) in [5.41, 5.74) is 9.86. The standard InChI is InChI=1S/C9H8IN3O2/c1-5-7(9(14)15-2)3-6(10)4-8(5)12-13-11/h3-4H,1-2H3. The molecule has 0 fully saturated rings. The van der Waals surface area contributed by atoms with Crippen molar-refractivity contribution in [3.8, 4) is 0 Å². The minimum absolute atomic E-state index is 0.423. The lowest BCUT2D eigenvalue weighted by atomic mass is 10.1. The monoisotopic (exact) mass is 317 g/mol. The SMILES string of the molecule is COC(=O)c1cc(I)cc(N=[N+]=[N-])c1C. The molecule has 0 spiro atoms. The van der Waals surface area contributed by atoms with Gasteiger partial charge in [0.15, 0.2) is 0 Å². The molecule has 0 saturated heterocycles. The first-order chi connectivity index (χ1) is 7.10. The Kier molecular flexibility index (Phi) is 3.93. The van der Waals surface area contributed by atoms with Gasteiger partial charge in [-0.3, -0.25) is 0 Å². The minimum atomic E-state index is -0.430. The molecule has 1 aromatic carbocycles. The highest BCUT2D eigenvalue weighted by Gasteiger charge is 2.12. The topological polar surface area (TPSA) is 75.1 Å². The molecule has 0 atom stereocenters. The molecular formula is C9H8IN3O2. The maximum absolute atomic E-state index is 11.4. The minimum Gasteiger partial charge on any atom is -0.465 e. The number of azide groups is 1. The Labute approximate surface area is 100 Å². The number of carbonyl (C=O) groups is 1. The number of carbonyl (C=O) groups excluding carboxylic acids is 1. The summed E-state index contributed by atoms with van der Waals surface area (Å²) >= 11 is 2.05. The Morgan fingerprint density at radius 2 is 2.27 bits per heavy atom. The van der Waals surface area contributed by atoms with E-state index < -0.39 is 5.97 Å². The zero-order valence-electron chi connectivity index (χ0n) is 8.19. The molecule has 6 heteroatoms. The van der Waals surface area contributed by atoms with Crippen molar-refractivity contribution >= 4 is 34.2 Å². The van der Waals surface area contributed by atoms with E-state index in [1.54, 1.807) is 19.1 Å². The summed E-state index contributed by atoms with van der Waals surface area (Å²) in [6, 6.07) is 3.40. The Morgan fingerprint density at radius 3 is 2.80 bits per heavy atom. The van der Waals surface area contributed by atoms with Crippen LogP contribution in [0.25, 0.3) is 10.4 Å². The molecule has 0 aliphatic carbocycles. The van der Waals surface area contributed by atoms with Crippen molar-refractivity contribution < 1.29 is 9.53 Å². The van der Waals surface area contributed by atoms with Gasteiger partial charge in [0.1, 0.15) is 0 Å². The average Bonchev–Trinajstić information content (AvgIpc) is 2.22. The molecular weight excluding hydrogens is 309 g/mol. The van der Waals surface area contributed by atoms with Crippen LogP contribution in [0.5, 0.6) is 0 Å². The van der Waals surface area contributed by atoms with E-state index in [0.29, 0.717) is 16.8 Å². The van der Waals surface area contributed by atoms with Gasteiger partial charge in [0.2, 0.25) is 0 Å². The van der Waals surface area contributed by atoms with E-state index >= 15 is 0 Å². The zero-order chi connectivity index (χ0) is 11.4. The average molecular weight is 317 g/mol. The lowest BCUT2D eigenvalue weighted by Crippen LogP contribution is -2.04. The van der Waals surface area contributed by atoms with E-state index in [9.17, 15) is 4.79 Å². The van der Waals surface area contributed by atoms with Crippen LogP contribution in [0.3, 0.4) is 0 Å². The summed E-state index contributed by atoms with van der Waals surface area (Å²) in [5, 5.41) is 3.51. The van der Waals surface area contributed by atoms with Crippen LogP contribution in [-0.4, -0.2) is 13.1 Å². The maximum Gasteiger partial charge on any atom is 0.338 e. The summed E-state index contributed by atoms with van der Waals surface area (Å²) in [6.07, 6.45) is 0. The second-order valence-corrected chi connectivity index (χ2v) is 4.02. The van der Waals surface area contributed by atoms with E-state index in [1.165, 1.54) is 7.11 Å². The van der Waals surface area contributed by atoms with Gasteiger partial charge in [-0.15, -0.1) is 0 Å². The molecule has 5 nitrogen and oxygen atoms in total. The van der Waals surface area contributed by atoms with E-state index in [0.717, 1.165) is 3.57 Å². The van der Waals surface area contributed by atoms with Gasteiger partial charge in [0.25, 0.3) is 0 Å². The predicted octanol–water partition coefficient (Wildman–Crippen LogP) is 3.33. The van der Waals surface area contributed by atoms with Gasteiger partial charge in [-0.25, -0.2) is 4.79 Å². The van der Waals surface area contributed by atoms with E-state index in [2.05, 4.69) is 14.8 Å². The first kappa shape index (κ1) is 11.8. The summed E-state index contributed by atoms with van der Waals surface area (Å²) < 4.78 is 5.45. The number of ether oxygens (including phenoxy) is 1. The Morgan fingerprint density at radius 1 is 1.60 bits per heavy atom. The van der Waals surface area contributed by atoms with Crippen LogP contribution in [0.4, 0.5) is 5.69 Å². The van der Waals surface area contributed by atoms with Crippen molar-refractivity contribution in [1.82, 2.24) is 0 Å². The maximum atomic E-state index is 11.4. The van der Waals surface area contributed by atoms with Gasteiger partial charge < -0.3 is 4.74 Å².